The first kappa shape index (κ1) is 16.8. The molecule has 5 heteroatoms. The molecule has 4 nitrogen and oxygen atoms in total. The van der Waals surface area contributed by atoms with Crippen LogP contribution in [-0.4, -0.2) is 23.5 Å². The molecule has 23 heavy (non-hydrogen) atoms. The molecule has 0 saturated heterocycles. The van der Waals surface area contributed by atoms with E-state index in [0.717, 1.165) is 17.2 Å². The molecule has 0 aliphatic carbocycles. The van der Waals surface area contributed by atoms with Gasteiger partial charge in [0.15, 0.2) is 0 Å². The van der Waals surface area contributed by atoms with Crippen molar-refractivity contribution in [3.63, 3.8) is 0 Å². The van der Waals surface area contributed by atoms with Gasteiger partial charge in [0.25, 0.3) is 5.91 Å². The van der Waals surface area contributed by atoms with Crippen LogP contribution in [0.15, 0.2) is 54.6 Å². The van der Waals surface area contributed by atoms with Crippen LogP contribution >= 0.6 is 11.6 Å². The summed E-state index contributed by atoms with van der Waals surface area (Å²) in [4.78, 5) is 22.4. The van der Waals surface area contributed by atoms with Crippen LogP contribution in [0.25, 0.3) is 6.08 Å². The number of carboxylic acids is 1. The number of carbonyl (C=O) groups is 2. The lowest BCUT2D eigenvalue weighted by atomic mass is 10.1. The summed E-state index contributed by atoms with van der Waals surface area (Å²) in [5.74, 6) is -1.11. The topological polar surface area (TPSA) is 66.4 Å². The average Bonchev–Trinajstić information content (AvgIpc) is 2.54. The molecule has 0 aromatic heterocycles. The molecular formula is C18H16ClNO3. The highest BCUT2D eigenvalue weighted by atomic mass is 35.5. The monoisotopic (exact) mass is 329 g/mol. The molecule has 0 heterocycles. The number of benzene rings is 2. The Hall–Kier alpha value is -2.59. The minimum absolute atomic E-state index is 0.136. The van der Waals surface area contributed by atoms with Crippen LogP contribution in [0.5, 0.6) is 0 Å². The molecule has 0 saturated carbocycles. The van der Waals surface area contributed by atoms with Crippen molar-refractivity contribution in [1.29, 1.82) is 0 Å². The summed E-state index contributed by atoms with van der Waals surface area (Å²) in [6, 6.07) is 14.2. The third-order valence-electron chi connectivity index (χ3n) is 3.20. The molecule has 118 valence electrons. The van der Waals surface area contributed by atoms with E-state index in [1.165, 1.54) is 6.08 Å². The summed E-state index contributed by atoms with van der Waals surface area (Å²) in [6.45, 7) is 0.520. The standard InChI is InChI=1S/C18H16ClNO3/c19-16-8-6-15(7-9-16)18(23)20-12-11-14-3-1-13(2-4-14)5-10-17(21)22/h1-10H,11-12H2,(H,20,23)(H,21,22). The van der Waals surface area contributed by atoms with E-state index in [2.05, 4.69) is 5.32 Å². The number of hydrogen-bond donors (Lipinski definition) is 2. The smallest absolute Gasteiger partial charge is 0.328 e. The van der Waals surface area contributed by atoms with E-state index in [9.17, 15) is 9.59 Å². The van der Waals surface area contributed by atoms with Crippen molar-refractivity contribution in [3.8, 4) is 0 Å². The Morgan fingerprint density at radius 3 is 2.30 bits per heavy atom. The largest absolute Gasteiger partial charge is 0.478 e. The van der Waals surface area contributed by atoms with Gasteiger partial charge in [-0.3, -0.25) is 4.79 Å². The van der Waals surface area contributed by atoms with E-state index in [1.807, 2.05) is 24.3 Å². The summed E-state index contributed by atoms with van der Waals surface area (Å²) in [6.07, 6.45) is 3.33. The van der Waals surface area contributed by atoms with Gasteiger partial charge < -0.3 is 10.4 Å². The lowest BCUT2D eigenvalue weighted by molar-refractivity contribution is -0.131. The SMILES string of the molecule is O=C(O)C=Cc1ccc(CCNC(=O)c2ccc(Cl)cc2)cc1. The summed E-state index contributed by atoms with van der Waals surface area (Å²) < 4.78 is 0. The van der Waals surface area contributed by atoms with Crippen LogP contribution < -0.4 is 5.32 Å². The Labute approximate surface area is 139 Å². The van der Waals surface area contributed by atoms with Crippen molar-refractivity contribution in [2.75, 3.05) is 6.54 Å². The van der Waals surface area contributed by atoms with Crippen LogP contribution in [0, 0.1) is 0 Å². The highest BCUT2D eigenvalue weighted by molar-refractivity contribution is 6.30. The van der Waals surface area contributed by atoms with Gasteiger partial charge in [-0.15, -0.1) is 0 Å². The van der Waals surface area contributed by atoms with Crippen LogP contribution in [0.2, 0.25) is 5.02 Å². The van der Waals surface area contributed by atoms with Gasteiger partial charge in [-0.1, -0.05) is 35.9 Å². The minimum atomic E-state index is -0.973. The van der Waals surface area contributed by atoms with Gasteiger partial charge >= 0.3 is 5.97 Å². The molecule has 2 N–H and O–H groups in total. The molecular weight excluding hydrogens is 314 g/mol. The molecule has 2 aromatic rings. The van der Waals surface area contributed by atoms with E-state index in [0.29, 0.717) is 23.6 Å². The summed E-state index contributed by atoms with van der Waals surface area (Å²) in [5.41, 5.74) is 2.46. The molecule has 0 fully saturated rings. The summed E-state index contributed by atoms with van der Waals surface area (Å²) >= 11 is 5.78. The molecule has 0 aliphatic rings. The zero-order chi connectivity index (χ0) is 16.7. The quantitative estimate of drug-likeness (QED) is 0.798. The van der Waals surface area contributed by atoms with Crippen LogP contribution in [0.1, 0.15) is 21.5 Å². The molecule has 0 atom stereocenters. The average molecular weight is 330 g/mol. The third-order valence-corrected chi connectivity index (χ3v) is 3.46. The Balaban J connectivity index is 1.83. The second-order valence-corrected chi connectivity index (χ2v) is 5.36. The number of rotatable bonds is 6. The Kier molecular flexibility index (Phi) is 5.94. The highest BCUT2D eigenvalue weighted by Crippen LogP contribution is 2.10. The number of amides is 1. The van der Waals surface area contributed by atoms with Crippen molar-refractivity contribution >= 4 is 29.6 Å². The maximum atomic E-state index is 11.9. The number of hydrogen-bond acceptors (Lipinski definition) is 2. The van der Waals surface area contributed by atoms with Crippen LogP contribution in [-0.2, 0) is 11.2 Å². The van der Waals surface area contributed by atoms with Gasteiger partial charge in [0.05, 0.1) is 0 Å². The fraction of sp³-hybridized carbons (Fsp3) is 0.111. The van der Waals surface area contributed by atoms with Crippen LogP contribution in [0.4, 0.5) is 0 Å². The van der Waals surface area contributed by atoms with Gasteiger partial charge in [-0.2, -0.15) is 0 Å². The zero-order valence-corrected chi connectivity index (χ0v) is 13.1. The van der Waals surface area contributed by atoms with E-state index < -0.39 is 5.97 Å². The predicted octanol–water partition coefficient (Wildman–Crippen LogP) is 3.41. The zero-order valence-electron chi connectivity index (χ0n) is 12.3. The molecule has 0 bridgehead atoms. The van der Waals surface area contributed by atoms with E-state index in [1.54, 1.807) is 24.3 Å². The first-order chi connectivity index (χ1) is 11.0. The maximum Gasteiger partial charge on any atom is 0.328 e. The predicted molar refractivity (Wildman–Crippen MR) is 90.6 cm³/mol. The molecule has 1 amide bonds. The molecule has 0 radical (unpaired) electrons. The second kappa shape index (κ2) is 8.15. The first-order valence-electron chi connectivity index (χ1n) is 7.08. The van der Waals surface area contributed by atoms with Gasteiger partial charge in [0.2, 0.25) is 0 Å². The van der Waals surface area contributed by atoms with Crippen molar-refractivity contribution in [3.05, 3.63) is 76.3 Å². The maximum absolute atomic E-state index is 11.9. The fourth-order valence-corrected chi connectivity index (χ4v) is 2.11. The first-order valence-corrected chi connectivity index (χ1v) is 7.46. The Morgan fingerprint density at radius 1 is 1.04 bits per heavy atom. The lowest BCUT2D eigenvalue weighted by Gasteiger charge is -2.06. The van der Waals surface area contributed by atoms with Crippen molar-refractivity contribution < 1.29 is 14.7 Å². The number of carbonyl (C=O) groups excluding carboxylic acids is 1. The summed E-state index contributed by atoms with van der Waals surface area (Å²) in [5, 5.41) is 12.0. The fourth-order valence-electron chi connectivity index (χ4n) is 1.99. The highest BCUT2D eigenvalue weighted by Gasteiger charge is 2.04. The van der Waals surface area contributed by atoms with E-state index in [-0.39, 0.29) is 5.91 Å². The van der Waals surface area contributed by atoms with Gasteiger partial charge in [-0.25, -0.2) is 4.79 Å². The lowest BCUT2D eigenvalue weighted by Crippen LogP contribution is -2.25. The Bertz CT molecular complexity index is 706. The van der Waals surface area contributed by atoms with Gasteiger partial charge in [0, 0.05) is 23.2 Å². The van der Waals surface area contributed by atoms with Crippen molar-refractivity contribution in [2.24, 2.45) is 0 Å². The van der Waals surface area contributed by atoms with Crippen molar-refractivity contribution in [2.45, 2.75) is 6.42 Å². The number of halogens is 1. The summed E-state index contributed by atoms with van der Waals surface area (Å²) in [7, 11) is 0. The molecule has 0 spiro atoms. The third kappa shape index (κ3) is 5.60. The Morgan fingerprint density at radius 2 is 1.70 bits per heavy atom. The van der Waals surface area contributed by atoms with E-state index >= 15 is 0 Å². The van der Waals surface area contributed by atoms with Crippen molar-refractivity contribution in [1.82, 2.24) is 5.32 Å². The number of nitrogens with one attached hydrogen (secondary N) is 1. The molecule has 0 aliphatic heterocycles. The molecule has 2 aromatic carbocycles. The number of aliphatic carboxylic acids is 1. The number of carboxylic acid groups (broad SMARTS) is 1. The van der Waals surface area contributed by atoms with Crippen LogP contribution in [0.3, 0.4) is 0 Å². The van der Waals surface area contributed by atoms with Gasteiger partial charge in [0.1, 0.15) is 0 Å². The molecule has 2 rings (SSSR count). The second-order valence-electron chi connectivity index (χ2n) is 4.93. The molecule has 0 unspecified atom stereocenters. The normalized spacial score (nSPS) is 10.7. The van der Waals surface area contributed by atoms with E-state index in [4.69, 9.17) is 16.7 Å². The van der Waals surface area contributed by atoms with Gasteiger partial charge in [-0.05, 0) is 47.9 Å². The minimum Gasteiger partial charge on any atom is -0.478 e.